The van der Waals surface area contributed by atoms with Gasteiger partial charge < -0.3 is 5.32 Å². The number of nitrogens with one attached hydrogen (secondary N) is 1. The van der Waals surface area contributed by atoms with E-state index in [1.165, 1.54) is 34.9 Å². The largest absolute Gasteiger partial charge is 0.307 e. The molecule has 0 radical (unpaired) electrons. The molecule has 0 aromatic heterocycles. The molecule has 1 aromatic carbocycles. The fraction of sp³-hybridized carbons (Fsp3) is 0.600. The van der Waals surface area contributed by atoms with Crippen molar-refractivity contribution in [2.45, 2.75) is 52.1 Å². The van der Waals surface area contributed by atoms with Crippen LogP contribution in [0.2, 0.25) is 0 Å². The van der Waals surface area contributed by atoms with Gasteiger partial charge in [0.2, 0.25) is 0 Å². The number of hydrogen-bond acceptors (Lipinski definition) is 1. The van der Waals surface area contributed by atoms with Crippen LogP contribution in [-0.2, 0) is 6.42 Å². The summed E-state index contributed by atoms with van der Waals surface area (Å²) in [5, 5.41) is 3.77. The van der Waals surface area contributed by atoms with E-state index < -0.39 is 0 Å². The van der Waals surface area contributed by atoms with Crippen LogP contribution in [0.3, 0.4) is 0 Å². The molecule has 0 amide bonds. The van der Waals surface area contributed by atoms with Crippen molar-refractivity contribution in [2.75, 3.05) is 0 Å². The zero-order valence-corrected chi connectivity index (χ0v) is 12.5. The SMILES string of the molecule is CC(C)CC(C)NC1CCc2c(Br)cccc21. The van der Waals surface area contributed by atoms with Gasteiger partial charge in [0.15, 0.2) is 0 Å². The van der Waals surface area contributed by atoms with Gasteiger partial charge >= 0.3 is 0 Å². The van der Waals surface area contributed by atoms with Crippen LogP contribution in [-0.4, -0.2) is 6.04 Å². The minimum atomic E-state index is 0.552. The molecule has 1 nitrogen and oxygen atoms in total. The maximum Gasteiger partial charge on any atom is 0.0328 e. The van der Waals surface area contributed by atoms with E-state index in [4.69, 9.17) is 0 Å². The quantitative estimate of drug-likeness (QED) is 0.865. The van der Waals surface area contributed by atoms with Crippen molar-refractivity contribution < 1.29 is 0 Å². The molecule has 2 atom stereocenters. The minimum absolute atomic E-state index is 0.552. The van der Waals surface area contributed by atoms with Gasteiger partial charge in [-0.05, 0) is 49.3 Å². The molecule has 0 fully saturated rings. The second-order valence-corrected chi connectivity index (χ2v) is 6.45. The Morgan fingerprint density at radius 2 is 2.12 bits per heavy atom. The van der Waals surface area contributed by atoms with Crippen LogP contribution in [0.5, 0.6) is 0 Å². The fourth-order valence-corrected chi connectivity index (χ4v) is 3.48. The molecule has 0 saturated carbocycles. The molecule has 2 rings (SSSR count). The smallest absolute Gasteiger partial charge is 0.0328 e. The summed E-state index contributed by atoms with van der Waals surface area (Å²) >= 11 is 3.65. The van der Waals surface area contributed by atoms with Gasteiger partial charge in [-0.3, -0.25) is 0 Å². The molecule has 1 N–H and O–H groups in total. The topological polar surface area (TPSA) is 12.0 Å². The molecule has 0 bridgehead atoms. The summed E-state index contributed by atoms with van der Waals surface area (Å²) in [5.74, 6) is 0.765. The molecule has 1 aromatic rings. The summed E-state index contributed by atoms with van der Waals surface area (Å²) in [7, 11) is 0. The van der Waals surface area contributed by atoms with Gasteiger partial charge in [-0.1, -0.05) is 41.9 Å². The molecular formula is C15H22BrN. The number of halogens is 1. The zero-order valence-electron chi connectivity index (χ0n) is 11.0. The van der Waals surface area contributed by atoms with Gasteiger partial charge in [-0.2, -0.15) is 0 Å². The average Bonchev–Trinajstić information content (AvgIpc) is 2.62. The average molecular weight is 296 g/mol. The summed E-state index contributed by atoms with van der Waals surface area (Å²) in [6, 6.07) is 7.72. The predicted octanol–water partition coefficient (Wildman–Crippen LogP) is 4.46. The van der Waals surface area contributed by atoms with Crippen LogP contribution in [0.25, 0.3) is 0 Å². The lowest BCUT2D eigenvalue weighted by Crippen LogP contribution is -2.30. The van der Waals surface area contributed by atoms with Crippen molar-refractivity contribution >= 4 is 15.9 Å². The maximum absolute atomic E-state index is 3.77. The minimum Gasteiger partial charge on any atom is -0.307 e. The molecule has 0 spiro atoms. The van der Waals surface area contributed by atoms with E-state index in [9.17, 15) is 0 Å². The molecule has 1 aliphatic carbocycles. The van der Waals surface area contributed by atoms with E-state index in [1.807, 2.05) is 0 Å². The Balaban J connectivity index is 2.05. The van der Waals surface area contributed by atoms with Gasteiger partial charge in [-0.25, -0.2) is 0 Å². The third kappa shape index (κ3) is 3.11. The van der Waals surface area contributed by atoms with Crippen molar-refractivity contribution in [3.05, 3.63) is 33.8 Å². The van der Waals surface area contributed by atoms with Crippen LogP contribution in [0, 0.1) is 5.92 Å². The van der Waals surface area contributed by atoms with Crippen LogP contribution in [0.1, 0.15) is 50.8 Å². The Bertz CT molecular complexity index is 387. The van der Waals surface area contributed by atoms with Crippen molar-refractivity contribution in [2.24, 2.45) is 5.92 Å². The Kier molecular flexibility index (Phi) is 4.26. The number of fused-ring (bicyclic) bond motifs is 1. The summed E-state index contributed by atoms with van der Waals surface area (Å²) < 4.78 is 1.27. The third-order valence-corrected chi connectivity index (χ3v) is 4.27. The first-order valence-corrected chi connectivity index (χ1v) is 7.40. The maximum atomic E-state index is 3.77. The Hall–Kier alpha value is -0.340. The Labute approximate surface area is 113 Å². The lowest BCUT2D eigenvalue weighted by atomic mass is 10.0. The first-order valence-electron chi connectivity index (χ1n) is 6.61. The van der Waals surface area contributed by atoms with Crippen molar-refractivity contribution in [1.29, 1.82) is 0 Å². The van der Waals surface area contributed by atoms with E-state index in [2.05, 4.69) is 60.2 Å². The number of benzene rings is 1. The highest BCUT2D eigenvalue weighted by Crippen LogP contribution is 2.35. The molecule has 94 valence electrons. The second-order valence-electron chi connectivity index (χ2n) is 5.60. The lowest BCUT2D eigenvalue weighted by Gasteiger charge is -2.22. The lowest BCUT2D eigenvalue weighted by molar-refractivity contribution is 0.393. The fourth-order valence-electron chi connectivity index (χ4n) is 2.90. The van der Waals surface area contributed by atoms with Gasteiger partial charge in [-0.15, -0.1) is 0 Å². The van der Waals surface area contributed by atoms with E-state index in [1.54, 1.807) is 0 Å². The van der Waals surface area contributed by atoms with E-state index >= 15 is 0 Å². The molecule has 0 aliphatic heterocycles. The highest BCUT2D eigenvalue weighted by molar-refractivity contribution is 9.10. The van der Waals surface area contributed by atoms with E-state index in [0.717, 1.165) is 5.92 Å². The standard InChI is InChI=1S/C15H22BrN/c1-10(2)9-11(3)17-15-8-7-12-13(15)5-4-6-14(12)16/h4-6,10-11,15,17H,7-9H2,1-3H3. The molecule has 0 saturated heterocycles. The van der Waals surface area contributed by atoms with Crippen molar-refractivity contribution in [1.82, 2.24) is 5.32 Å². The van der Waals surface area contributed by atoms with E-state index in [-0.39, 0.29) is 0 Å². The predicted molar refractivity (Wildman–Crippen MR) is 77.3 cm³/mol. The molecule has 17 heavy (non-hydrogen) atoms. The highest BCUT2D eigenvalue weighted by atomic mass is 79.9. The van der Waals surface area contributed by atoms with Crippen molar-refractivity contribution in [3.63, 3.8) is 0 Å². The van der Waals surface area contributed by atoms with Gasteiger partial charge in [0, 0.05) is 16.6 Å². The van der Waals surface area contributed by atoms with Crippen molar-refractivity contribution in [3.8, 4) is 0 Å². The van der Waals surface area contributed by atoms with Crippen LogP contribution < -0.4 is 5.32 Å². The first-order chi connectivity index (χ1) is 8.08. The molecule has 2 heteroatoms. The first kappa shape index (κ1) is 13.1. The Morgan fingerprint density at radius 3 is 2.82 bits per heavy atom. The van der Waals surface area contributed by atoms with E-state index in [0.29, 0.717) is 12.1 Å². The van der Waals surface area contributed by atoms with Gasteiger partial charge in [0.05, 0.1) is 0 Å². The number of hydrogen-bond donors (Lipinski definition) is 1. The van der Waals surface area contributed by atoms with Gasteiger partial charge in [0.1, 0.15) is 0 Å². The number of rotatable bonds is 4. The van der Waals surface area contributed by atoms with Crippen LogP contribution in [0.15, 0.2) is 22.7 Å². The molecule has 0 heterocycles. The second kappa shape index (κ2) is 5.53. The summed E-state index contributed by atoms with van der Waals surface area (Å²) in [6.45, 7) is 6.88. The summed E-state index contributed by atoms with van der Waals surface area (Å²) in [5.41, 5.74) is 3.00. The molecular weight excluding hydrogens is 274 g/mol. The summed E-state index contributed by atoms with van der Waals surface area (Å²) in [6.07, 6.45) is 3.68. The zero-order chi connectivity index (χ0) is 12.4. The normalized spacial score (nSPS) is 20.6. The van der Waals surface area contributed by atoms with Crippen LogP contribution >= 0.6 is 15.9 Å². The monoisotopic (exact) mass is 295 g/mol. The molecule has 2 unspecified atom stereocenters. The third-order valence-electron chi connectivity index (χ3n) is 3.52. The summed E-state index contributed by atoms with van der Waals surface area (Å²) in [4.78, 5) is 0. The van der Waals surface area contributed by atoms with Gasteiger partial charge in [0.25, 0.3) is 0 Å². The highest BCUT2D eigenvalue weighted by Gasteiger charge is 2.24. The van der Waals surface area contributed by atoms with Crippen LogP contribution in [0.4, 0.5) is 0 Å². The molecule has 1 aliphatic rings. The Morgan fingerprint density at radius 1 is 1.35 bits per heavy atom.